The Balaban J connectivity index is 2.84. The quantitative estimate of drug-likeness (QED) is 0.833. The molecule has 1 aromatic rings. The molecule has 0 bridgehead atoms. The lowest BCUT2D eigenvalue weighted by Gasteiger charge is -2.12. The summed E-state index contributed by atoms with van der Waals surface area (Å²) in [7, 11) is -3.15. The lowest BCUT2D eigenvalue weighted by Crippen LogP contribution is -2.26. The van der Waals surface area contributed by atoms with Crippen molar-refractivity contribution in [1.82, 2.24) is 0 Å². The predicted octanol–water partition coefficient (Wildman–Crippen LogP) is 1.54. The Morgan fingerprint density at radius 3 is 2.50 bits per heavy atom. The van der Waals surface area contributed by atoms with Crippen LogP contribution in [0.4, 0.5) is 5.69 Å². The molecule has 0 radical (unpaired) electrons. The molecule has 0 saturated heterocycles. The Kier molecular flexibility index (Phi) is 5.71. The minimum absolute atomic E-state index is 0.0270. The summed E-state index contributed by atoms with van der Waals surface area (Å²) in [6.45, 7) is 5.32. The first kappa shape index (κ1) is 16.7. The van der Waals surface area contributed by atoms with Gasteiger partial charge in [-0.15, -0.1) is 0 Å². The van der Waals surface area contributed by atoms with Gasteiger partial charge in [0.2, 0.25) is 5.91 Å². The molecule has 1 amide bonds. The third kappa shape index (κ3) is 4.61. The van der Waals surface area contributed by atoms with Crippen LogP contribution in [-0.4, -0.2) is 26.1 Å². The van der Waals surface area contributed by atoms with Crippen molar-refractivity contribution in [2.24, 2.45) is 11.7 Å². The van der Waals surface area contributed by atoms with Gasteiger partial charge in [-0.1, -0.05) is 19.1 Å². The molecule has 20 heavy (non-hydrogen) atoms. The lowest BCUT2D eigenvalue weighted by atomic mass is 10.1. The maximum Gasteiger partial charge on any atom is 0.228 e. The summed E-state index contributed by atoms with van der Waals surface area (Å²) in [6, 6.07) is 6.88. The van der Waals surface area contributed by atoms with E-state index < -0.39 is 15.1 Å². The molecule has 112 valence electrons. The number of nitrogens with one attached hydrogen (secondary N) is 1. The minimum atomic E-state index is -3.15. The molecule has 0 aliphatic heterocycles. The molecule has 1 rings (SSSR count). The molecule has 1 unspecified atom stereocenters. The maximum atomic E-state index is 11.9. The van der Waals surface area contributed by atoms with E-state index in [1.165, 1.54) is 0 Å². The van der Waals surface area contributed by atoms with E-state index in [1.54, 1.807) is 45.0 Å². The molecule has 1 atom stereocenters. The van der Waals surface area contributed by atoms with E-state index in [-0.39, 0.29) is 24.1 Å². The van der Waals surface area contributed by atoms with E-state index in [0.29, 0.717) is 11.3 Å². The van der Waals surface area contributed by atoms with E-state index in [1.807, 2.05) is 0 Å². The molecule has 5 nitrogen and oxygen atoms in total. The molecular weight excluding hydrogens is 276 g/mol. The molecular formula is C14H22N2O3S. The van der Waals surface area contributed by atoms with Gasteiger partial charge < -0.3 is 11.1 Å². The van der Waals surface area contributed by atoms with Crippen LogP contribution < -0.4 is 11.1 Å². The topological polar surface area (TPSA) is 89.3 Å². The van der Waals surface area contributed by atoms with E-state index in [9.17, 15) is 13.2 Å². The van der Waals surface area contributed by atoms with Gasteiger partial charge in [-0.2, -0.15) is 0 Å². The average Bonchev–Trinajstić information content (AvgIpc) is 2.37. The first-order valence-corrected chi connectivity index (χ1v) is 8.29. The molecule has 0 saturated carbocycles. The van der Waals surface area contributed by atoms with Crippen LogP contribution in [0.25, 0.3) is 0 Å². The van der Waals surface area contributed by atoms with Crippen LogP contribution in [0.1, 0.15) is 26.3 Å². The summed E-state index contributed by atoms with van der Waals surface area (Å²) in [4.78, 5) is 11.7. The summed E-state index contributed by atoms with van der Waals surface area (Å²) in [6.07, 6.45) is 0. The van der Waals surface area contributed by atoms with Crippen molar-refractivity contribution in [2.45, 2.75) is 31.8 Å². The van der Waals surface area contributed by atoms with Gasteiger partial charge in [0.1, 0.15) is 0 Å². The van der Waals surface area contributed by atoms with Gasteiger partial charge in [-0.05, 0) is 31.5 Å². The van der Waals surface area contributed by atoms with Crippen LogP contribution in [0.3, 0.4) is 0 Å². The summed E-state index contributed by atoms with van der Waals surface area (Å²) in [5.41, 5.74) is 6.69. The van der Waals surface area contributed by atoms with Crippen molar-refractivity contribution in [3.05, 3.63) is 29.8 Å². The van der Waals surface area contributed by atoms with Crippen molar-refractivity contribution >= 4 is 21.4 Å². The molecule has 0 aliphatic rings. The smallest absolute Gasteiger partial charge is 0.228 e. The highest BCUT2D eigenvalue weighted by Gasteiger charge is 2.17. The standard InChI is InChI=1S/C14H22N2O3S/c1-10(2)20(18,19)9-12-5-4-6-13(7-12)16-14(17)11(3)8-15/h4-7,10-11H,8-9,15H2,1-3H3,(H,16,17). The molecule has 0 spiro atoms. The number of rotatable bonds is 6. The second kappa shape index (κ2) is 6.85. The Bertz CT molecular complexity index is 568. The highest BCUT2D eigenvalue weighted by Crippen LogP contribution is 2.16. The molecule has 0 heterocycles. The highest BCUT2D eigenvalue weighted by atomic mass is 32.2. The predicted molar refractivity (Wildman–Crippen MR) is 81.0 cm³/mol. The van der Waals surface area contributed by atoms with Crippen molar-refractivity contribution in [3.63, 3.8) is 0 Å². The van der Waals surface area contributed by atoms with E-state index in [0.717, 1.165) is 0 Å². The first-order valence-electron chi connectivity index (χ1n) is 6.57. The number of hydrogen-bond acceptors (Lipinski definition) is 4. The fraction of sp³-hybridized carbons (Fsp3) is 0.500. The second-order valence-corrected chi connectivity index (χ2v) is 7.74. The van der Waals surface area contributed by atoms with Gasteiger partial charge in [-0.3, -0.25) is 4.79 Å². The van der Waals surface area contributed by atoms with Crippen molar-refractivity contribution in [1.29, 1.82) is 0 Å². The van der Waals surface area contributed by atoms with E-state index >= 15 is 0 Å². The molecule has 3 N–H and O–H groups in total. The Labute approximate surface area is 120 Å². The van der Waals surface area contributed by atoms with Crippen molar-refractivity contribution in [3.8, 4) is 0 Å². The Morgan fingerprint density at radius 1 is 1.30 bits per heavy atom. The van der Waals surface area contributed by atoms with Gasteiger partial charge >= 0.3 is 0 Å². The maximum absolute atomic E-state index is 11.9. The normalized spacial score (nSPS) is 13.2. The van der Waals surface area contributed by atoms with Crippen LogP contribution in [0.2, 0.25) is 0 Å². The SMILES string of the molecule is CC(CN)C(=O)Nc1cccc(CS(=O)(=O)C(C)C)c1. The minimum Gasteiger partial charge on any atom is -0.330 e. The Hall–Kier alpha value is -1.40. The average molecular weight is 298 g/mol. The van der Waals surface area contributed by atoms with Crippen LogP contribution >= 0.6 is 0 Å². The summed E-state index contributed by atoms with van der Waals surface area (Å²) in [5.74, 6) is -0.477. The number of carbonyl (C=O) groups is 1. The van der Waals surface area contributed by atoms with Crippen molar-refractivity contribution < 1.29 is 13.2 Å². The van der Waals surface area contributed by atoms with Gasteiger partial charge in [0.05, 0.1) is 11.0 Å². The fourth-order valence-corrected chi connectivity index (χ4v) is 2.49. The van der Waals surface area contributed by atoms with E-state index in [4.69, 9.17) is 5.73 Å². The molecule has 0 fully saturated rings. The van der Waals surface area contributed by atoms with Gasteiger partial charge in [0, 0.05) is 18.2 Å². The number of anilines is 1. The summed E-state index contributed by atoms with van der Waals surface area (Å²) >= 11 is 0. The monoisotopic (exact) mass is 298 g/mol. The van der Waals surface area contributed by atoms with Gasteiger partial charge in [-0.25, -0.2) is 8.42 Å². The molecule has 1 aromatic carbocycles. The zero-order valence-corrected chi connectivity index (χ0v) is 12.9. The van der Waals surface area contributed by atoms with E-state index in [2.05, 4.69) is 5.32 Å². The van der Waals surface area contributed by atoms with Crippen LogP contribution in [0.15, 0.2) is 24.3 Å². The zero-order valence-electron chi connectivity index (χ0n) is 12.1. The third-order valence-corrected chi connectivity index (χ3v) is 5.25. The summed E-state index contributed by atoms with van der Waals surface area (Å²) in [5, 5.41) is 2.32. The van der Waals surface area contributed by atoms with Crippen molar-refractivity contribution in [2.75, 3.05) is 11.9 Å². The molecule has 6 heteroatoms. The largest absolute Gasteiger partial charge is 0.330 e. The van der Waals surface area contributed by atoms with Gasteiger partial charge in [0.15, 0.2) is 9.84 Å². The third-order valence-electron chi connectivity index (χ3n) is 3.08. The highest BCUT2D eigenvalue weighted by molar-refractivity contribution is 7.91. The molecule has 0 aliphatic carbocycles. The number of benzene rings is 1. The number of carbonyl (C=O) groups excluding carboxylic acids is 1. The zero-order chi connectivity index (χ0) is 15.3. The fourth-order valence-electron chi connectivity index (χ4n) is 1.51. The number of sulfone groups is 1. The Morgan fingerprint density at radius 2 is 1.95 bits per heavy atom. The summed E-state index contributed by atoms with van der Waals surface area (Å²) < 4.78 is 23.8. The second-order valence-electron chi connectivity index (χ2n) is 5.18. The van der Waals surface area contributed by atoms with Gasteiger partial charge in [0.25, 0.3) is 0 Å². The van der Waals surface area contributed by atoms with Crippen LogP contribution in [-0.2, 0) is 20.4 Å². The molecule has 0 aromatic heterocycles. The lowest BCUT2D eigenvalue weighted by molar-refractivity contribution is -0.119. The van der Waals surface area contributed by atoms with Crippen LogP contribution in [0.5, 0.6) is 0 Å². The number of hydrogen-bond donors (Lipinski definition) is 2. The van der Waals surface area contributed by atoms with Crippen LogP contribution in [0, 0.1) is 5.92 Å². The number of nitrogens with two attached hydrogens (primary N) is 1. The first-order chi connectivity index (χ1) is 9.26. The number of amides is 1.